The zero-order chi connectivity index (χ0) is 18.3. The molecule has 7 nitrogen and oxygen atoms in total. The number of ketones is 2. The van der Waals surface area contributed by atoms with Crippen LogP contribution in [0.2, 0.25) is 0 Å². The van der Waals surface area contributed by atoms with Gasteiger partial charge in [0.15, 0.2) is 0 Å². The number of nitrogens with one attached hydrogen (secondary N) is 1. The second kappa shape index (κ2) is 9.02. The van der Waals surface area contributed by atoms with Gasteiger partial charge in [0.25, 0.3) is 5.91 Å². The van der Waals surface area contributed by atoms with Gasteiger partial charge in [0, 0.05) is 16.7 Å². The summed E-state index contributed by atoms with van der Waals surface area (Å²) in [7, 11) is 3.91. The summed E-state index contributed by atoms with van der Waals surface area (Å²) in [6.07, 6.45) is 3.51. The third-order valence-electron chi connectivity index (χ3n) is 3.62. The molecule has 0 aromatic heterocycles. The predicted molar refractivity (Wildman–Crippen MR) is 86.5 cm³/mol. The van der Waals surface area contributed by atoms with Gasteiger partial charge in [0.05, 0.1) is 21.3 Å². The molecule has 1 aliphatic carbocycles. The van der Waals surface area contributed by atoms with Gasteiger partial charge in [-0.2, -0.15) is 0 Å². The number of Topliss-reactive ketones (excluding diaryl/α,β-unsaturated/α-hetero) is 2. The maximum atomic E-state index is 12.6. The molecule has 1 aliphatic rings. The summed E-state index contributed by atoms with van der Waals surface area (Å²) >= 11 is 0. The normalized spacial score (nSPS) is 15.8. The Balaban J connectivity index is 3.34. The van der Waals surface area contributed by atoms with Crippen LogP contribution < -0.4 is 5.48 Å². The molecular weight excluding hydrogens is 314 g/mol. The molecule has 24 heavy (non-hydrogen) atoms. The van der Waals surface area contributed by atoms with Crippen molar-refractivity contribution < 1.29 is 28.7 Å². The van der Waals surface area contributed by atoms with E-state index in [2.05, 4.69) is 10.3 Å². The summed E-state index contributed by atoms with van der Waals surface area (Å²) < 4.78 is 10.0. The fourth-order valence-corrected chi connectivity index (χ4v) is 2.29. The summed E-state index contributed by atoms with van der Waals surface area (Å²) in [5.74, 6) is -1.69. The standard InChI is InChI=1S/C17H23NO6/c1-6-7-8-11(17(21)18-24-5)9-12-10(2)13(19)15(22-3)16(23-4)14(12)20/h9H,6-8H2,1-5H3,(H,18,21). The Morgan fingerprint density at radius 3 is 2.17 bits per heavy atom. The lowest BCUT2D eigenvalue weighted by Crippen LogP contribution is -2.27. The van der Waals surface area contributed by atoms with Crippen molar-refractivity contribution in [2.45, 2.75) is 33.1 Å². The lowest BCUT2D eigenvalue weighted by Gasteiger charge is -2.19. The molecule has 1 N–H and O–H groups in total. The van der Waals surface area contributed by atoms with Gasteiger partial charge in [-0.1, -0.05) is 13.3 Å². The zero-order valence-corrected chi connectivity index (χ0v) is 14.6. The van der Waals surface area contributed by atoms with E-state index >= 15 is 0 Å². The number of unbranched alkanes of at least 4 members (excludes halogenated alkanes) is 1. The van der Waals surface area contributed by atoms with Crippen molar-refractivity contribution in [1.29, 1.82) is 0 Å². The van der Waals surface area contributed by atoms with Gasteiger partial charge >= 0.3 is 0 Å². The van der Waals surface area contributed by atoms with E-state index in [9.17, 15) is 14.4 Å². The first kappa shape index (κ1) is 19.6. The molecule has 7 heteroatoms. The van der Waals surface area contributed by atoms with Gasteiger partial charge in [-0.3, -0.25) is 19.2 Å². The first-order valence-electron chi connectivity index (χ1n) is 7.59. The molecule has 1 amide bonds. The maximum absolute atomic E-state index is 12.6. The van der Waals surface area contributed by atoms with Crippen LogP contribution in [-0.2, 0) is 28.7 Å². The minimum atomic E-state index is -0.495. The molecule has 0 saturated heterocycles. The summed E-state index contributed by atoms with van der Waals surface area (Å²) in [4.78, 5) is 41.7. The van der Waals surface area contributed by atoms with Crippen molar-refractivity contribution in [3.05, 3.63) is 34.3 Å². The van der Waals surface area contributed by atoms with Crippen LogP contribution in [-0.4, -0.2) is 38.8 Å². The number of carbonyl (C=O) groups is 3. The predicted octanol–water partition coefficient (Wildman–Crippen LogP) is 1.75. The molecule has 0 aliphatic heterocycles. The zero-order valence-electron chi connectivity index (χ0n) is 14.6. The van der Waals surface area contributed by atoms with Gasteiger partial charge < -0.3 is 9.47 Å². The molecule has 0 heterocycles. The third kappa shape index (κ3) is 4.11. The average Bonchev–Trinajstić information content (AvgIpc) is 2.57. The number of hydrogen-bond acceptors (Lipinski definition) is 6. The van der Waals surface area contributed by atoms with Crippen molar-refractivity contribution >= 4 is 17.5 Å². The van der Waals surface area contributed by atoms with Gasteiger partial charge in [-0.15, -0.1) is 0 Å². The molecule has 132 valence electrons. The van der Waals surface area contributed by atoms with E-state index in [-0.39, 0.29) is 22.7 Å². The van der Waals surface area contributed by atoms with Crippen molar-refractivity contribution in [2.24, 2.45) is 0 Å². The van der Waals surface area contributed by atoms with E-state index in [0.29, 0.717) is 12.0 Å². The van der Waals surface area contributed by atoms with Crippen LogP contribution in [0.1, 0.15) is 33.1 Å². The maximum Gasteiger partial charge on any atom is 0.270 e. The SMILES string of the molecule is CCCCC(=CC1=C(C)C(=O)C(OC)=C(OC)C1=O)C(=O)NOC. The minimum Gasteiger partial charge on any atom is -0.489 e. The number of allylic oxidation sites excluding steroid dienone is 3. The van der Waals surface area contributed by atoms with E-state index in [4.69, 9.17) is 9.47 Å². The van der Waals surface area contributed by atoms with Gasteiger partial charge in [-0.25, -0.2) is 5.48 Å². The van der Waals surface area contributed by atoms with Gasteiger partial charge in [0.2, 0.25) is 23.1 Å². The van der Waals surface area contributed by atoms with Gasteiger partial charge in [-0.05, 0) is 25.8 Å². The highest BCUT2D eigenvalue weighted by atomic mass is 16.6. The number of amides is 1. The fraction of sp³-hybridized carbons (Fsp3) is 0.471. The molecule has 0 bridgehead atoms. The molecule has 0 saturated carbocycles. The Labute approximate surface area is 141 Å². The van der Waals surface area contributed by atoms with Crippen LogP contribution in [0.25, 0.3) is 0 Å². The molecule has 0 atom stereocenters. The van der Waals surface area contributed by atoms with Crippen LogP contribution in [0.3, 0.4) is 0 Å². The number of carbonyl (C=O) groups excluding carboxylic acids is 3. The van der Waals surface area contributed by atoms with E-state index < -0.39 is 17.5 Å². The van der Waals surface area contributed by atoms with Crippen LogP contribution in [0.4, 0.5) is 0 Å². The Kier molecular flexibility index (Phi) is 7.38. The molecule has 0 radical (unpaired) electrons. The van der Waals surface area contributed by atoms with Crippen molar-refractivity contribution in [3.8, 4) is 0 Å². The quantitative estimate of drug-likeness (QED) is 0.412. The van der Waals surface area contributed by atoms with Crippen LogP contribution >= 0.6 is 0 Å². The third-order valence-corrected chi connectivity index (χ3v) is 3.62. The summed E-state index contributed by atoms with van der Waals surface area (Å²) in [5, 5.41) is 0. The second-order valence-electron chi connectivity index (χ2n) is 5.17. The number of hydrogen-bond donors (Lipinski definition) is 1. The molecule has 0 unspecified atom stereocenters. The van der Waals surface area contributed by atoms with Gasteiger partial charge in [0.1, 0.15) is 0 Å². The Hall–Kier alpha value is -2.41. The Morgan fingerprint density at radius 1 is 1.08 bits per heavy atom. The molecular formula is C17H23NO6. The largest absolute Gasteiger partial charge is 0.489 e. The van der Waals surface area contributed by atoms with Crippen LogP contribution in [0, 0.1) is 0 Å². The monoisotopic (exact) mass is 337 g/mol. The van der Waals surface area contributed by atoms with E-state index in [0.717, 1.165) is 12.8 Å². The van der Waals surface area contributed by atoms with Crippen LogP contribution in [0.5, 0.6) is 0 Å². The number of ether oxygens (including phenoxy) is 2. The lowest BCUT2D eigenvalue weighted by atomic mass is 9.90. The van der Waals surface area contributed by atoms with E-state index in [1.807, 2.05) is 6.92 Å². The van der Waals surface area contributed by atoms with Crippen molar-refractivity contribution in [3.63, 3.8) is 0 Å². The number of rotatable bonds is 8. The highest BCUT2D eigenvalue weighted by Gasteiger charge is 2.34. The average molecular weight is 337 g/mol. The first-order chi connectivity index (χ1) is 11.4. The highest BCUT2D eigenvalue weighted by molar-refractivity contribution is 6.24. The Bertz CT molecular complexity index is 627. The molecule has 0 fully saturated rings. The highest BCUT2D eigenvalue weighted by Crippen LogP contribution is 2.27. The first-order valence-corrected chi connectivity index (χ1v) is 7.59. The molecule has 0 spiro atoms. The lowest BCUT2D eigenvalue weighted by molar-refractivity contribution is -0.127. The Morgan fingerprint density at radius 2 is 1.67 bits per heavy atom. The van der Waals surface area contributed by atoms with Crippen molar-refractivity contribution in [1.82, 2.24) is 5.48 Å². The van der Waals surface area contributed by atoms with E-state index in [1.54, 1.807) is 0 Å². The molecule has 0 aromatic rings. The topological polar surface area (TPSA) is 90.9 Å². The number of methoxy groups -OCH3 is 2. The second-order valence-corrected chi connectivity index (χ2v) is 5.17. The minimum absolute atomic E-state index is 0.120. The summed E-state index contributed by atoms with van der Waals surface area (Å²) in [6, 6.07) is 0. The summed E-state index contributed by atoms with van der Waals surface area (Å²) in [6.45, 7) is 3.51. The fourth-order valence-electron chi connectivity index (χ4n) is 2.29. The number of hydroxylamine groups is 1. The molecule has 1 rings (SSSR count). The van der Waals surface area contributed by atoms with Crippen molar-refractivity contribution in [2.75, 3.05) is 21.3 Å². The van der Waals surface area contributed by atoms with E-state index in [1.165, 1.54) is 34.3 Å². The smallest absolute Gasteiger partial charge is 0.270 e. The summed E-state index contributed by atoms with van der Waals surface area (Å²) in [5.41, 5.74) is 2.91. The van der Waals surface area contributed by atoms with Crippen LogP contribution in [0.15, 0.2) is 34.3 Å². The molecule has 0 aromatic carbocycles.